The van der Waals surface area contributed by atoms with E-state index < -0.39 is 10.0 Å². The predicted octanol–water partition coefficient (Wildman–Crippen LogP) is 0.631. The second kappa shape index (κ2) is 3.28. The van der Waals surface area contributed by atoms with Crippen LogP contribution in [0, 0.1) is 0 Å². The Labute approximate surface area is 71.4 Å². The number of aryl methyl sites for hydroxylation is 1. The third-order valence-corrected chi connectivity index (χ3v) is 2.10. The van der Waals surface area contributed by atoms with Gasteiger partial charge in [0.1, 0.15) is 17.3 Å². The van der Waals surface area contributed by atoms with Gasteiger partial charge in [0.25, 0.3) is 0 Å². The van der Waals surface area contributed by atoms with E-state index in [2.05, 4.69) is 0 Å². The number of sulfonamides is 1. The smallest absolute Gasteiger partial charge is 0.216 e. The Bertz CT molecular complexity index is 352. The maximum Gasteiger partial charge on any atom is 0.216 e. The molecule has 0 radical (unpaired) electrons. The second-order valence-corrected chi connectivity index (χ2v) is 4.14. The molecule has 4 nitrogen and oxygen atoms in total. The normalized spacial score (nSPS) is 11.8. The van der Waals surface area contributed by atoms with Gasteiger partial charge in [0.15, 0.2) is 0 Å². The maximum absolute atomic E-state index is 10.6. The minimum Gasteiger partial charge on any atom is -0.465 e. The quantitative estimate of drug-likeness (QED) is 0.757. The van der Waals surface area contributed by atoms with E-state index >= 15 is 0 Å². The van der Waals surface area contributed by atoms with Gasteiger partial charge in [-0.05, 0) is 12.1 Å². The predicted molar refractivity (Wildman–Crippen MR) is 44.9 cm³/mol. The maximum atomic E-state index is 10.6. The van der Waals surface area contributed by atoms with Crippen molar-refractivity contribution in [2.24, 2.45) is 5.14 Å². The van der Waals surface area contributed by atoms with E-state index in [9.17, 15) is 8.42 Å². The Morgan fingerprint density at radius 2 is 2.00 bits per heavy atom. The van der Waals surface area contributed by atoms with Crippen LogP contribution in [-0.2, 0) is 22.2 Å². The first-order chi connectivity index (χ1) is 5.51. The third-order valence-electron chi connectivity index (χ3n) is 1.41. The summed E-state index contributed by atoms with van der Waals surface area (Å²) in [6, 6.07) is 3.38. The van der Waals surface area contributed by atoms with Crippen LogP contribution in [0.15, 0.2) is 16.5 Å². The van der Waals surface area contributed by atoms with E-state index in [1.165, 1.54) is 0 Å². The Kier molecular flexibility index (Phi) is 2.54. The molecule has 0 saturated carbocycles. The summed E-state index contributed by atoms with van der Waals surface area (Å²) in [5.74, 6) is 0.940. The fraction of sp³-hybridized carbons (Fsp3) is 0.429. The SMILES string of the molecule is CCc1ccc(CS(N)(=O)=O)o1. The molecule has 12 heavy (non-hydrogen) atoms. The summed E-state index contributed by atoms with van der Waals surface area (Å²) in [5, 5.41) is 4.83. The molecule has 0 saturated heterocycles. The highest BCUT2D eigenvalue weighted by atomic mass is 32.2. The molecule has 0 aliphatic heterocycles. The molecule has 2 N–H and O–H groups in total. The molecule has 1 aromatic heterocycles. The lowest BCUT2D eigenvalue weighted by atomic mass is 10.4. The van der Waals surface area contributed by atoms with Crippen molar-refractivity contribution in [2.75, 3.05) is 0 Å². The van der Waals surface area contributed by atoms with Gasteiger partial charge in [-0.2, -0.15) is 0 Å². The minimum atomic E-state index is -3.47. The van der Waals surface area contributed by atoms with E-state index in [-0.39, 0.29) is 5.75 Å². The van der Waals surface area contributed by atoms with Crippen molar-refractivity contribution >= 4 is 10.0 Å². The van der Waals surface area contributed by atoms with E-state index in [0.29, 0.717) is 5.76 Å². The molecule has 0 fully saturated rings. The van der Waals surface area contributed by atoms with Gasteiger partial charge in [-0.1, -0.05) is 6.92 Å². The average molecular weight is 189 g/mol. The molecule has 0 spiro atoms. The summed E-state index contributed by atoms with van der Waals surface area (Å²) in [4.78, 5) is 0. The van der Waals surface area contributed by atoms with E-state index in [1.54, 1.807) is 12.1 Å². The molecule has 0 aliphatic rings. The average Bonchev–Trinajstić information content (AvgIpc) is 2.32. The van der Waals surface area contributed by atoms with Crippen LogP contribution in [0.3, 0.4) is 0 Å². The number of hydrogen-bond acceptors (Lipinski definition) is 3. The first-order valence-electron chi connectivity index (χ1n) is 3.59. The molecular formula is C7H11NO3S. The molecule has 68 valence electrons. The van der Waals surface area contributed by atoms with Gasteiger partial charge in [0.05, 0.1) is 0 Å². The van der Waals surface area contributed by atoms with Crippen LogP contribution in [0.4, 0.5) is 0 Å². The minimum absolute atomic E-state index is 0.229. The highest BCUT2D eigenvalue weighted by molar-refractivity contribution is 7.88. The molecule has 0 aromatic carbocycles. The van der Waals surface area contributed by atoms with Crippen LogP contribution in [0.5, 0.6) is 0 Å². The van der Waals surface area contributed by atoms with Crippen LogP contribution in [0.2, 0.25) is 0 Å². The Hall–Kier alpha value is -0.810. The van der Waals surface area contributed by atoms with E-state index in [1.807, 2.05) is 6.92 Å². The molecule has 0 amide bonds. The molecule has 0 atom stereocenters. The molecule has 0 bridgehead atoms. The van der Waals surface area contributed by atoms with Crippen molar-refractivity contribution in [3.63, 3.8) is 0 Å². The van der Waals surface area contributed by atoms with Crippen molar-refractivity contribution < 1.29 is 12.8 Å². The largest absolute Gasteiger partial charge is 0.465 e. The first-order valence-corrected chi connectivity index (χ1v) is 5.31. The number of primary sulfonamides is 1. The highest BCUT2D eigenvalue weighted by Crippen LogP contribution is 2.10. The molecule has 5 heteroatoms. The van der Waals surface area contributed by atoms with Crippen molar-refractivity contribution in [2.45, 2.75) is 19.1 Å². The van der Waals surface area contributed by atoms with Gasteiger partial charge >= 0.3 is 0 Å². The summed E-state index contributed by atoms with van der Waals surface area (Å²) in [5.41, 5.74) is 0. The topological polar surface area (TPSA) is 73.3 Å². The molecule has 1 heterocycles. The van der Waals surface area contributed by atoms with Gasteiger partial charge in [-0.25, -0.2) is 13.6 Å². The summed E-state index contributed by atoms with van der Waals surface area (Å²) >= 11 is 0. The van der Waals surface area contributed by atoms with Gasteiger partial charge in [0, 0.05) is 6.42 Å². The van der Waals surface area contributed by atoms with Gasteiger partial charge < -0.3 is 4.42 Å². The van der Waals surface area contributed by atoms with Crippen LogP contribution in [0.25, 0.3) is 0 Å². The molecular weight excluding hydrogens is 178 g/mol. The lowest BCUT2D eigenvalue weighted by molar-refractivity contribution is 0.480. The van der Waals surface area contributed by atoms with Crippen LogP contribution in [-0.4, -0.2) is 8.42 Å². The Balaban J connectivity index is 2.78. The summed E-state index contributed by atoms with van der Waals surface area (Å²) in [6.45, 7) is 1.93. The Morgan fingerprint density at radius 1 is 1.42 bits per heavy atom. The van der Waals surface area contributed by atoms with Crippen molar-refractivity contribution in [1.82, 2.24) is 0 Å². The molecule has 1 rings (SSSR count). The molecule has 0 unspecified atom stereocenters. The number of hydrogen-bond donors (Lipinski definition) is 1. The van der Waals surface area contributed by atoms with Crippen molar-refractivity contribution in [1.29, 1.82) is 0 Å². The lowest BCUT2D eigenvalue weighted by Crippen LogP contribution is -2.13. The summed E-state index contributed by atoms with van der Waals surface area (Å²) in [7, 11) is -3.47. The summed E-state index contributed by atoms with van der Waals surface area (Å²) < 4.78 is 26.4. The second-order valence-electron chi connectivity index (χ2n) is 2.53. The fourth-order valence-electron chi connectivity index (χ4n) is 0.888. The number of furan rings is 1. The monoisotopic (exact) mass is 189 g/mol. The molecule has 0 aliphatic carbocycles. The zero-order valence-corrected chi connectivity index (χ0v) is 7.60. The Morgan fingerprint density at radius 3 is 2.42 bits per heavy atom. The fourth-order valence-corrected chi connectivity index (χ4v) is 1.44. The standard InChI is InChI=1S/C7H11NO3S/c1-2-6-3-4-7(11-6)5-12(8,9)10/h3-4H,2,5H2,1H3,(H2,8,9,10). The van der Waals surface area contributed by atoms with Crippen molar-refractivity contribution in [3.8, 4) is 0 Å². The van der Waals surface area contributed by atoms with E-state index in [4.69, 9.17) is 9.56 Å². The van der Waals surface area contributed by atoms with Gasteiger partial charge in [-0.3, -0.25) is 0 Å². The van der Waals surface area contributed by atoms with Gasteiger partial charge in [0.2, 0.25) is 10.0 Å². The first kappa shape index (κ1) is 9.28. The molecule has 1 aromatic rings. The van der Waals surface area contributed by atoms with Crippen LogP contribution in [0.1, 0.15) is 18.4 Å². The highest BCUT2D eigenvalue weighted by Gasteiger charge is 2.08. The van der Waals surface area contributed by atoms with Gasteiger partial charge in [-0.15, -0.1) is 0 Å². The van der Waals surface area contributed by atoms with E-state index in [0.717, 1.165) is 12.2 Å². The zero-order chi connectivity index (χ0) is 9.19. The van der Waals surface area contributed by atoms with Crippen LogP contribution >= 0.6 is 0 Å². The number of rotatable bonds is 3. The van der Waals surface area contributed by atoms with Crippen molar-refractivity contribution in [3.05, 3.63) is 23.7 Å². The lowest BCUT2D eigenvalue weighted by Gasteiger charge is -1.92. The summed E-state index contributed by atoms with van der Waals surface area (Å²) in [6.07, 6.45) is 0.755. The third kappa shape index (κ3) is 2.67. The van der Waals surface area contributed by atoms with Crippen LogP contribution < -0.4 is 5.14 Å². The number of nitrogens with two attached hydrogens (primary N) is 1. The zero-order valence-electron chi connectivity index (χ0n) is 6.78.